The first-order valence-corrected chi connectivity index (χ1v) is 2.83. The van der Waals surface area contributed by atoms with E-state index in [9.17, 15) is 0 Å². The van der Waals surface area contributed by atoms with E-state index >= 15 is 0 Å². The zero-order valence-electron chi connectivity index (χ0n) is 5.34. The molecule has 0 radical (unpaired) electrons. The van der Waals surface area contributed by atoms with Gasteiger partial charge in [-0.05, 0) is 6.92 Å². The van der Waals surface area contributed by atoms with Crippen LogP contribution < -0.4 is 5.73 Å². The van der Waals surface area contributed by atoms with Crippen LogP contribution in [0.25, 0.3) is 0 Å². The predicted octanol–water partition coefficient (Wildman–Crippen LogP) is 1.44. The first kappa shape index (κ1) is 9.46. The number of halogens is 2. The summed E-state index contributed by atoms with van der Waals surface area (Å²) in [5, 5.41) is 0.389. The van der Waals surface area contributed by atoms with Crippen molar-refractivity contribution in [3.8, 4) is 0 Å². The monoisotopic (exact) mass is 179 g/mol. The normalized spacial score (nSPS) is 8.60. The third-order valence-electron chi connectivity index (χ3n) is 0.827. The average molecular weight is 180 g/mol. The SMILES string of the molecule is Cc1nc(N)cc(Cl)n1.Cl. The molecule has 10 heavy (non-hydrogen) atoms. The second-order valence-electron chi connectivity index (χ2n) is 1.66. The van der Waals surface area contributed by atoms with E-state index in [0.29, 0.717) is 16.8 Å². The number of hydrogen-bond acceptors (Lipinski definition) is 3. The van der Waals surface area contributed by atoms with Gasteiger partial charge in [0.05, 0.1) is 0 Å². The Morgan fingerprint density at radius 2 is 2.10 bits per heavy atom. The zero-order chi connectivity index (χ0) is 6.85. The lowest BCUT2D eigenvalue weighted by Crippen LogP contribution is -1.94. The molecule has 2 N–H and O–H groups in total. The van der Waals surface area contributed by atoms with Crippen molar-refractivity contribution in [2.24, 2.45) is 0 Å². The second-order valence-corrected chi connectivity index (χ2v) is 2.05. The lowest BCUT2D eigenvalue weighted by atomic mass is 10.5. The van der Waals surface area contributed by atoms with E-state index in [1.807, 2.05) is 0 Å². The lowest BCUT2D eigenvalue weighted by Gasteiger charge is -1.93. The average Bonchev–Trinajstić information content (AvgIpc) is 1.59. The highest BCUT2D eigenvalue weighted by Crippen LogP contribution is 2.06. The lowest BCUT2D eigenvalue weighted by molar-refractivity contribution is 1.06. The van der Waals surface area contributed by atoms with E-state index in [1.165, 1.54) is 6.07 Å². The maximum Gasteiger partial charge on any atom is 0.134 e. The van der Waals surface area contributed by atoms with Crippen LogP contribution in [0.2, 0.25) is 5.15 Å². The number of nitrogen functional groups attached to an aromatic ring is 1. The van der Waals surface area contributed by atoms with Crippen LogP contribution in [0.5, 0.6) is 0 Å². The maximum atomic E-state index is 5.52. The van der Waals surface area contributed by atoms with Crippen LogP contribution in [-0.2, 0) is 0 Å². The Morgan fingerprint density at radius 3 is 2.50 bits per heavy atom. The van der Waals surface area contributed by atoms with E-state index in [2.05, 4.69) is 9.97 Å². The molecular weight excluding hydrogens is 173 g/mol. The summed E-state index contributed by atoms with van der Waals surface area (Å²) >= 11 is 5.52. The van der Waals surface area contributed by atoms with Crippen molar-refractivity contribution in [2.45, 2.75) is 6.92 Å². The van der Waals surface area contributed by atoms with Crippen molar-refractivity contribution < 1.29 is 0 Å². The number of aromatic nitrogens is 2. The van der Waals surface area contributed by atoms with E-state index in [4.69, 9.17) is 17.3 Å². The molecule has 5 heteroatoms. The minimum atomic E-state index is 0. The largest absolute Gasteiger partial charge is 0.384 e. The van der Waals surface area contributed by atoms with Crippen LogP contribution >= 0.6 is 24.0 Å². The maximum absolute atomic E-state index is 5.52. The third-order valence-corrected chi connectivity index (χ3v) is 1.02. The summed E-state index contributed by atoms with van der Waals surface area (Å²) in [6.45, 7) is 1.74. The summed E-state index contributed by atoms with van der Waals surface area (Å²) in [4.78, 5) is 7.63. The summed E-state index contributed by atoms with van der Waals surface area (Å²) in [5.41, 5.74) is 5.32. The molecule has 0 saturated heterocycles. The number of nitrogens with zero attached hydrogens (tertiary/aromatic N) is 2. The molecule has 0 fully saturated rings. The molecular formula is C5H7Cl2N3. The van der Waals surface area contributed by atoms with Gasteiger partial charge in [0.1, 0.15) is 16.8 Å². The topological polar surface area (TPSA) is 51.8 Å². The fourth-order valence-electron chi connectivity index (χ4n) is 0.553. The van der Waals surface area contributed by atoms with Gasteiger partial charge in [0, 0.05) is 6.07 Å². The molecule has 0 spiro atoms. The van der Waals surface area contributed by atoms with Crippen LogP contribution in [0, 0.1) is 6.92 Å². The van der Waals surface area contributed by atoms with Crippen LogP contribution in [0.1, 0.15) is 5.82 Å². The van der Waals surface area contributed by atoms with Crippen molar-refractivity contribution in [1.82, 2.24) is 9.97 Å². The van der Waals surface area contributed by atoms with Gasteiger partial charge in [0.2, 0.25) is 0 Å². The molecule has 1 heterocycles. The van der Waals surface area contributed by atoms with E-state index in [-0.39, 0.29) is 12.4 Å². The van der Waals surface area contributed by atoms with Crippen molar-refractivity contribution >= 4 is 29.8 Å². The highest BCUT2D eigenvalue weighted by molar-refractivity contribution is 6.29. The molecule has 0 aliphatic heterocycles. The van der Waals surface area contributed by atoms with E-state index < -0.39 is 0 Å². The second kappa shape index (κ2) is 3.58. The molecule has 0 aliphatic carbocycles. The van der Waals surface area contributed by atoms with Gasteiger partial charge in [-0.1, -0.05) is 11.6 Å². The molecule has 0 unspecified atom stereocenters. The third kappa shape index (κ3) is 2.37. The molecule has 0 atom stereocenters. The Kier molecular flexibility index (Phi) is 3.39. The highest BCUT2D eigenvalue weighted by Gasteiger charge is 1.92. The molecule has 0 amide bonds. The van der Waals surface area contributed by atoms with Crippen LogP contribution in [0.4, 0.5) is 5.82 Å². The van der Waals surface area contributed by atoms with Crippen LogP contribution in [0.3, 0.4) is 0 Å². The van der Waals surface area contributed by atoms with Gasteiger partial charge in [-0.15, -0.1) is 12.4 Å². The first-order chi connectivity index (χ1) is 4.18. The number of anilines is 1. The van der Waals surface area contributed by atoms with Gasteiger partial charge in [-0.3, -0.25) is 0 Å². The zero-order valence-corrected chi connectivity index (χ0v) is 6.91. The summed E-state index contributed by atoms with van der Waals surface area (Å²) in [6, 6.07) is 1.51. The molecule has 1 aromatic rings. The summed E-state index contributed by atoms with van der Waals surface area (Å²) in [5.74, 6) is 1.01. The number of hydrogen-bond donors (Lipinski definition) is 1. The standard InChI is InChI=1S/C5H6ClN3.ClH/c1-3-8-4(6)2-5(7)9-3;/h2H,1H3,(H2,7,8,9);1H. The number of aryl methyl sites for hydroxylation is 1. The molecule has 0 bridgehead atoms. The van der Waals surface area contributed by atoms with Gasteiger partial charge < -0.3 is 5.73 Å². The summed E-state index contributed by atoms with van der Waals surface area (Å²) in [7, 11) is 0. The molecule has 1 aromatic heterocycles. The van der Waals surface area contributed by atoms with E-state index in [0.717, 1.165) is 0 Å². The van der Waals surface area contributed by atoms with Crippen molar-refractivity contribution in [3.63, 3.8) is 0 Å². The fraction of sp³-hybridized carbons (Fsp3) is 0.200. The number of rotatable bonds is 0. The Morgan fingerprint density at radius 1 is 1.50 bits per heavy atom. The Bertz CT molecular complexity index is 176. The van der Waals surface area contributed by atoms with Gasteiger partial charge in [-0.2, -0.15) is 0 Å². The van der Waals surface area contributed by atoms with Gasteiger partial charge in [-0.25, -0.2) is 9.97 Å². The molecule has 3 nitrogen and oxygen atoms in total. The molecule has 0 aliphatic rings. The number of nitrogens with two attached hydrogens (primary N) is 1. The molecule has 1 rings (SSSR count). The predicted molar refractivity (Wildman–Crippen MR) is 43.4 cm³/mol. The minimum Gasteiger partial charge on any atom is -0.384 e. The molecule has 0 aromatic carbocycles. The van der Waals surface area contributed by atoms with Crippen molar-refractivity contribution in [1.29, 1.82) is 0 Å². The smallest absolute Gasteiger partial charge is 0.134 e. The van der Waals surface area contributed by atoms with Crippen molar-refractivity contribution in [2.75, 3.05) is 5.73 Å². The highest BCUT2D eigenvalue weighted by atomic mass is 35.5. The van der Waals surface area contributed by atoms with Gasteiger partial charge in [0.15, 0.2) is 0 Å². The first-order valence-electron chi connectivity index (χ1n) is 2.45. The summed E-state index contributed by atoms with van der Waals surface area (Å²) < 4.78 is 0. The van der Waals surface area contributed by atoms with Crippen molar-refractivity contribution in [3.05, 3.63) is 17.0 Å². The van der Waals surface area contributed by atoms with E-state index in [1.54, 1.807) is 6.92 Å². The van der Waals surface area contributed by atoms with Gasteiger partial charge in [0.25, 0.3) is 0 Å². The molecule has 56 valence electrons. The summed E-state index contributed by atoms with van der Waals surface area (Å²) in [6.07, 6.45) is 0. The molecule has 0 saturated carbocycles. The Balaban J connectivity index is 0.000000810. The fourth-order valence-corrected chi connectivity index (χ4v) is 0.787. The van der Waals surface area contributed by atoms with Gasteiger partial charge >= 0.3 is 0 Å². The quantitative estimate of drug-likeness (QED) is 0.614. The Hall–Kier alpha value is -0.540. The van der Waals surface area contributed by atoms with Crippen LogP contribution in [-0.4, -0.2) is 9.97 Å². The Labute approximate surface area is 70.0 Å². The minimum absolute atomic E-state index is 0. The van der Waals surface area contributed by atoms with Crippen LogP contribution in [0.15, 0.2) is 6.07 Å².